The van der Waals surface area contributed by atoms with Gasteiger partial charge < -0.3 is 14.4 Å². The molecule has 0 aromatic heterocycles. The van der Waals surface area contributed by atoms with E-state index in [1.165, 1.54) is 0 Å². The van der Waals surface area contributed by atoms with Crippen molar-refractivity contribution in [3.8, 4) is 0 Å². The normalized spacial score (nSPS) is 19.1. The molecule has 1 fully saturated rings. The fraction of sp³-hybridized carbons (Fsp3) is 0.562. The van der Waals surface area contributed by atoms with Crippen LogP contribution in [-0.4, -0.2) is 50.3 Å². The minimum atomic E-state index is 0.105. The van der Waals surface area contributed by atoms with Gasteiger partial charge in [-0.15, -0.1) is 0 Å². The van der Waals surface area contributed by atoms with E-state index in [0.717, 1.165) is 30.5 Å². The number of carbonyl (C=O) groups excluding carboxylic acids is 1. The number of methoxy groups -OCH3 is 1. The molecule has 4 heteroatoms. The molecule has 20 heavy (non-hydrogen) atoms. The van der Waals surface area contributed by atoms with E-state index in [9.17, 15) is 4.79 Å². The minimum absolute atomic E-state index is 0.105. The molecule has 2 rings (SSSR count). The number of benzene rings is 1. The fourth-order valence-corrected chi connectivity index (χ4v) is 2.52. The molecule has 1 amide bonds. The number of likely N-dealkylation sites (tertiary alicyclic amines) is 1. The first kappa shape index (κ1) is 15.0. The highest BCUT2D eigenvalue weighted by molar-refractivity contribution is 5.94. The SMILES string of the molecule is COCCOC1CCCN(C(=O)c2cccc(C)c2)C1. The maximum Gasteiger partial charge on any atom is 0.253 e. The summed E-state index contributed by atoms with van der Waals surface area (Å²) in [5.41, 5.74) is 1.88. The van der Waals surface area contributed by atoms with Crippen LogP contribution >= 0.6 is 0 Å². The van der Waals surface area contributed by atoms with E-state index in [0.29, 0.717) is 19.8 Å². The molecule has 0 spiro atoms. The van der Waals surface area contributed by atoms with Crippen molar-refractivity contribution in [2.45, 2.75) is 25.9 Å². The molecular formula is C16H23NO3. The van der Waals surface area contributed by atoms with Crippen molar-refractivity contribution < 1.29 is 14.3 Å². The van der Waals surface area contributed by atoms with Crippen molar-refractivity contribution in [3.63, 3.8) is 0 Å². The lowest BCUT2D eigenvalue weighted by Crippen LogP contribution is -2.43. The Balaban J connectivity index is 1.93. The van der Waals surface area contributed by atoms with Crippen molar-refractivity contribution in [1.29, 1.82) is 0 Å². The molecule has 1 unspecified atom stereocenters. The summed E-state index contributed by atoms with van der Waals surface area (Å²) in [7, 11) is 1.66. The first-order valence-electron chi connectivity index (χ1n) is 7.17. The smallest absolute Gasteiger partial charge is 0.253 e. The van der Waals surface area contributed by atoms with Gasteiger partial charge >= 0.3 is 0 Å². The maximum atomic E-state index is 12.5. The van der Waals surface area contributed by atoms with Crippen LogP contribution in [0.3, 0.4) is 0 Å². The number of piperidine rings is 1. The molecule has 4 nitrogen and oxygen atoms in total. The van der Waals surface area contributed by atoms with Crippen LogP contribution in [0.15, 0.2) is 24.3 Å². The van der Waals surface area contributed by atoms with Crippen molar-refractivity contribution in [3.05, 3.63) is 35.4 Å². The van der Waals surface area contributed by atoms with Crippen LogP contribution < -0.4 is 0 Å². The first-order valence-corrected chi connectivity index (χ1v) is 7.17. The van der Waals surface area contributed by atoms with Gasteiger partial charge in [-0.2, -0.15) is 0 Å². The first-order chi connectivity index (χ1) is 9.70. The number of hydrogen-bond acceptors (Lipinski definition) is 3. The van der Waals surface area contributed by atoms with Crippen molar-refractivity contribution >= 4 is 5.91 Å². The molecule has 0 N–H and O–H groups in total. The van der Waals surface area contributed by atoms with Crippen molar-refractivity contribution in [2.24, 2.45) is 0 Å². The number of carbonyl (C=O) groups is 1. The minimum Gasteiger partial charge on any atom is -0.382 e. The average molecular weight is 277 g/mol. The highest BCUT2D eigenvalue weighted by atomic mass is 16.5. The van der Waals surface area contributed by atoms with Crippen LogP contribution in [0.2, 0.25) is 0 Å². The maximum absolute atomic E-state index is 12.5. The van der Waals surface area contributed by atoms with Crippen LogP contribution in [0.1, 0.15) is 28.8 Å². The van der Waals surface area contributed by atoms with E-state index in [1.54, 1.807) is 7.11 Å². The van der Waals surface area contributed by atoms with E-state index in [-0.39, 0.29) is 12.0 Å². The molecule has 1 aliphatic heterocycles. The third kappa shape index (κ3) is 4.05. The topological polar surface area (TPSA) is 38.8 Å². The Labute approximate surface area is 120 Å². The van der Waals surface area contributed by atoms with E-state index in [4.69, 9.17) is 9.47 Å². The molecule has 1 aromatic rings. The van der Waals surface area contributed by atoms with Gasteiger partial charge in [-0.3, -0.25) is 4.79 Å². The Kier molecular flexibility index (Phi) is 5.56. The Morgan fingerprint density at radius 2 is 2.25 bits per heavy atom. The van der Waals surface area contributed by atoms with Gasteiger partial charge in [0.2, 0.25) is 0 Å². The predicted molar refractivity (Wildman–Crippen MR) is 77.9 cm³/mol. The molecule has 1 saturated heterocycles. The zero-order chi connectivity index (χ0) is 14.4. The summed E-state index contributed by atoms with van der Waals surface area (Å²) in [6, 6.07) is 7.76. The molecule has 1 aromatic carbocycles. The molecule has 0 radical (unpaired) electrons. The summed E-state index contributed by atoms with van der Waals surface area (Å²) in [6.07, 6.45) is 2.14. The second-order valence-corrected chi connectivity index (χ2v) is 5.25. The average Bonchev–Trinajstić information content (AvgIpc) is 2.47. The lowest BCUT2D eigenvalue weighted by atomic mass is 10.1. The number of amides is 1. The lowest BCUT2D eigenvalue weighted by Gasteiger charge is -2.32. The van der Waals surface area contributed by atoms with Crippen molar-refractivity contribution in [1.82, 2.24) is 4.90 Å². The Bertz CT molecular complexity index is 447. The molecule has 1 atom stereocenters. The second-order valence-electron chi connectivity index (χ2n) is 5.25. The monoisotopic (exact) mass is 277 g/mol. The molecular weight excluding hydrogens is 254 g/mol. The Hall–Kier alpha value is -1.39. The summed E-state index contributed by atoms with van der Waals surface area (Å²) in [5, 5.41) is 0. The summed E-state index contributed by atoms with van der Waals surface area (Å²) in [5.74, 6) is 0.105. The summed E-state index contributed by atoms with van der Waals surface area (Å²) in [6.45, 7) is 4.69. The number of ether oxygens (including phenoxy) is 2. The van der Waals surface area contributed by atoms with Crippen molar-refractivity contribution in [2.75, 3.05) is 33.4 Å². The lowest BCUT2D eigenvalue weighted by molar-refractivity contribution is -0.0171. The summed E-state index contributed by atoms with van der Waals surface area (Å²) in [4.78, 5) is 14.4. The van der Waals surface area contributed by atoms with Crippen LogP contribution in [0, 0.1) is 6.92 Å². The van der Waals surface area contributed by atoms with E-state index in [2.05, 4.69) is 0 Å². The molecule has 0 saturated carbocycles. The fourth-order valence-electron chi connectivity index (χ4n) is 2.52. The van der Waals surface area contributed by atoms with Crippen LogP contribution in [-0.2, 0) is 9.47 Å². The van der Waals surface area contributed by atoms with E-state index >= 15 is 0 Å². The standard InChI is InChI=1S/C16H23NO3/c1-13-5-3-6-14(11-13)16(18)17-8-4-7-15(12-17)20-10-9-19-2/h3,5-6,11,15H,4,7-10,12H2,1-2H3. The van der Waals surface area contributed by atoms with Crippen LogP contribution in [0.25, 0.3) is 0 Å². The zero-order valence-electron chi connectivity index (χ0n) is 12.3. The third-order valence-electron chi connectivity index (χ3n) is 3.57. The second kappa shape index (κ2) is 7.41. The Morgan fingerprint density at radius 1 is 1.40 bits per heavy atom. The number of rotatable bonds is 5. The van der Waals surface area contributed by atoms with Gasteiger partial charge in [0.05, 0.1) is 19.3 Å². The van der Waals surface area contributed by atoms with Gasteiger partial charge in [-0.25, -0.2) is 0 Å². The third-order valence-corrected chi connectivity index (χ3v) is 3.57. The highest BCUT2D eigenvalue weighted by Gasteiger charge is 2.24. The summed E-state index contributed by atoms with van der Waals surface area (Å²) >= 11 is 0. The predicted octanol–water partition coefficient (Wildman–Crippen LogP) is 2.26. The van der Waals surface area contributed by atoms with Gasteiger partial charge in [0, 0.05) is 25.8 Å². The molecule has 1 aliphatic rings. The van der Waals surface area contributed by atoms with Gasteiger partial charge in [0.1, 0.15) is 0 Å². The van der Waals surface area contributed by atoms with Gasteiger partial charge in [0.25, 0.3) is 5.91 Å². The molecule has 1 heterocycles. The zero-order valence-corrected chi connectivity index (χ0v) is 12.3. The van der Waals surface area contributed by atoms with E-state index < -0.39 is 0 Å². The van der Waals surface area contributed by atoms with Gasteiger partial charge in [0.15, 0.2) is 0 Å². The van der Waals surface area contributed by atoms with Gasteiger partial charge in [-0.1, -0.05) is 17.7 Å². The number of nitrogens with zero attached hydrogens (tertiary/aromatic N) is 1. The molecule has 0 bridgehead atoms. The molecule has 0 aliphatic carbocycles. The quantitative estimate of drug-likeness (QED) is 0.775. The van der Waals surface area contributed by atoms with Crippen LogP contribution in [0.5, 0.6) is 0 Å². The molecule has 110 valence electrons. The Morgan fingerprint density at radius 3 is 3.00 bits per heavy atom. The van der Waals surface area contributed by atoms with Crippen LogP contribution in [0.4, 0.5) is 0 Å². The largest absolute Gasteiger partial charge is 0.382 e. The number of aryl methyl sites for hydroxylation is 1. The summed E-state index contributed by atoms with van der Waals surface area (Å²) < 4.78 is 10.7. The number of hydrogen-bond donors (Lipinski definition) is 0. The van der Waals surface area contributed by atoms with E-state index in [1.807, 2.05) is 36.1 Å². The highest BCUT2D eigenvalue weighted by Crippen LogP contribution is 2.16. The van der Waals surface area contributed by atoms with Gasteiger partial charge in [-0.05, 0) is 31.9 Å².